The number of anilines is 1. The van der Waals surface area contributed by atoms with E-state index in [-0.39, 0.29) is 6.10 Å². The van der Waals surface area contributed by atoms with Gasteiger partial charge in [0.25, 0.3) is 0 Å². The summed E-state index contributed by atoms with van der Waals surface area (Å²) < 4.78 is 5.81. The van der Waals surface area contributed by atoms with E-state index < -0.39 is 0 Å². The molecule has 110 valence electrons. The first-order valence-electron chi connectivity index (χ1n) is 7.32. The minimum Gasteiger partial charge on any atom is -0.383 e. The lowest BCUT2D eigenvalue weighted by molar-refractivity contribution is 0.0422. The number of nitrogens with two attached hydrogens (primary N) is 1. The molecular formula is C15H23N3OS. The van der Waals surface area contributed by atoms with Crippen LogP contribution in [0.2, 0.25) is 0 Å². The average Bonchev–Trinajstić information content (AvgIpc) is 2.90. The molecule has 1 unspecified atom stereocenters. The maximum Gasteiger partial charge on any atom is 0.158 e. The molecule has 0 saturated heterocycles. The first kappa shape index (κ1) is 15.2. The Bertz CT molecular complexity index is 541. The SMILES string of the molecule is CCCCCCC(C)OCc1nc(N)c2ccsc2n1. The zero-order valence-electron chi connectivity index (χ0n) is 12.3. The second-order valence-corrected chi connectivity index (χ2v) is 6.03. The summed E-state index contributed by atoms with van der Waals surface area (Å²) in [6, 6.07) is 1.95. The maximum atomic E-state index is 5.92. The molecule has 0 aliphatic rings. The van der Waals surface area contributed by atoms with Crippen LogP contribution in [0.5, 0.6) is 0 Å². The summed E-state index contributed by atoms with van der Waals surface area (Å²) in [6.07, 6.45) is 6.42. The molecular weight excluding hydrogens is 270 g/mol. The van der Waals surface area contributed by atoms with Crippen molar-refractivity contribution in [1.29, 1.82) is 0 Å². The minimum absolute atomic E-state index is 0.246. The predicted octanol–water partition coefficient (Wildman–Crippen LogP) is 4.15. The standard InChI is InChI=1S/C15H23N3OS/c1-3-4-5-6-7-11(2)19-10-13-17-14(16)12-8-9-20-15(12)18-13/h8-9,11H,3-7,10H2,1-2H3,(H2,16,17,18). The van der Waals surface area contributed by atoms with E-state index in [1.54, 1.807) is 11.3 Å². The Kier molecular flexibility index (Phi) is 5.73. The number of fused-ring (bicyclic) bond motifs is 1. The van der Waals surface area contributed by atoms with Crippen LogP contribution in [-0.2, 0) is 11.3 Å². The molecule has 0 aromatic carbocycles. The van der Waals surface area contributed by atoms with E-state index in [2.05, 4.69) is 23.8 Å². The fraction of sp³-hybridized carbons (Fsp3) is 0.600. The summed E-state index contributed by atoms with van der Waals surface area (Å²) in [4.78, 5) is 9.72. The van der Waals surface area contributed by atoms with Gasteiger partial charge in [0, 0.05) is 0 Å². The van der Waals surface area contributed by atoms with Gasteiger partial charge in [-0.3, -0.25) is 0 Å². The first-order chi connectivity index (χ1) is 9.70. The molecule has 0 spiro atoms. The molecule has 0 aliphatic heterocycles. The molecule has 2 rings (SSSR count). The molecule has 4 nitrogen and oxygen atoms in total. The van der Waals surface area contributed by atoms with Crippen LogP contribution >= 0.6 is 11.3 Å². The van der Waals surface area contributed by atoms with Crippen molar-refractivity contribution in [2.45, 2.75) is 58.7 Å². The number of nitrogens with zero attached hydrogens (tertiary/aromatic N) is 2. The molecule has 1 atom stereocenters. The number of ether oxygens (including phenoxy) is 1. The van der Waals surface area contributed by atoms with Gasteiger partial charge in [0.1, 0.15) is 17.3 Å². The van der Waals surface area contributed by atoms with Gasteiger partial charge in [0.2, 0.25) is 0 Å². The summed E-state index contributed by atoms with van der Waals surface area (Å²) in [6.45, 7) is 4.77. The zero-order chi connectivity index (χ0) is 14.4. The lowest BCUT2D eigenvalue weighted by atomic mass is 10.1. The second kappa shape index (κ2) is 7.55. The van der Waals surface area contributed by atoms with Crippen LogP contribution in [0, 0.1) is 0 Å². The van der Waals surface area contributed by atoms with Crippen molar-refractivity contribution in [2.75, 3.05) is 5.73 Å². The van der Waals surface area contributed by atoms with Crippen molar-refractivity contribution in [1.82, 2.24) is 9.97 Å². The number of hydrogen-bond donors (Lipinski definition) is 1. The summed E-state index contributed by atoms with van der Waals surface area (Å²) in [5, 5.41) is 2.92. The Balaban J connectivity index is 1.82. The second-order valence-electron chi connectivity index (χ2n) is 5.14. The molecule has 2 aromatic rings. The molecule has 0 fully saturated rings. The van der Waals surface area contributed by atoms with Crippen molar-refractivity contribution in [3.05, 3.63) is 17.3 Å². The van der Waals surface area contributed by atoms with E-state index >= 15 is 0 Å². The Morgan fingerprint density at radius 2 is 2.15 bits per heavy atom. The van der Waals surface area contributed by atoms with Crippen LogP contribution in [0.1, 0.15) is 51.8 Å². The number of nitrogen functional groups attached to an aromatic ring is 1. The highest BCUT2D eigenvalue weighted by atomic mass is 32.1. The van der Waals surface area contributed by atoms with Crippen LogP contribution in [0.15, 0.2) is 11.4 Å². The van der Waals surface area contributed by atoms with Crippen molar-refractivity contribution >= 4 is 27.4 Å². The molecule has 2 heterocycles. The molecule has 0 amide bonds. The average molecular weight is 293 g/mol. The number of hydrogen-bond acceptors (Lipinski definition) is 5. The quantitative estimate of drug-likeness (QED) is 0.743. The molecule has 0 saturated carbocycles. The zero-order valence-corrected chi connectivity index (χ0v) is 13.1. The molecule has 0 bridgehead atoms. The first-order valence-corrected chi connectivity index (χ1v) is 8.20. The molecule has 0 aliphatic carbocycles. The number of thiophene rings is 1. The minimum atomic E-state index is 0.246. The Hall–Kier alpha value is -1.20. The van der Waals surface area contributed by atoms with Gasteiger partial charge in [-0.25, -0.2) is 9.97 Å². The maximum absolute atomic E-state index is 5.92. The van der Waals surface area contributed by atoms with Crippen LogP contribution in [0.25, 0.3) is 10.2 Å². The molecule has 2 N–H and O–H groups in total. The van der Waals surface area contributed by atoms with Crippen molar-refractivity contribution in [3.8, 4) is 0 Å². The summed E-state index contributed by atoms with van der Waals surface area (Å²) in [5.74, 6) is 1.23. The molecule has 20 heavy (non-hydrogen) atoms. The highest BCUT2D eigenvalue weighted by Gasteiger charge is 2.08. The third kappa shape index (κ3) is 4.15. The Morgan fingerprint density at radius 3 is 2.95 bits per heavy atom. The summed E-state index contributed by atoms with van der Waals surface area (Å²) in [7, 11) is 0. The molecule has 5 heteroatoms. The van der Waals surface area contributed by atoms with Gasteiger partial charge >= 0.3 is 0 Å². The lowest BCUT2D eigenvalue weighted by Crippen LogP contribution is -2.10. The Labute approximate surface area is 124 Å². The van der Waals surface area contributed by atoms with Crippen molar-refractivity contribution < 1.29 is 4.74 Å². The topological polar surface area (TPSA) is 61.0 Å². The van der Waals surface area contributed by atoms with Crippen LogP contribution in [0.3, 0.4) is 0 Å². The Morgan fingerprint density at radius 1 is 1.30 bits per heavy atom. The number of rotatable bonds is 8. The summed E-state index contributed by atoms with van der Waals surface area (Å²) >= 11 is 1.58. The van der Waals surface area contributed by atoms with Gasteiger partial charge in [-0.05, 0) is 24.8 Å². The van der Waals surface area contributed by atoms with Crippen LogP contribution < -0.4 is 5.73 Å². The number of aromatic nitrogens is 2. The molecule has 0 radical (unpaired) electrons. The lowest BCUT2D eigenvalue weighted by Gasteiger charge is -2.12. The highest BCUT2D eigenvalue weighted by Crippen LogP contribution is 2.23. The van der Waals surface area contributed by atoms with Crippen LogP contribution in [0.4, 0.5) is 5.82 Å². The van der Waals surface area contributed by atoms with Gasteiger partial charge in [-0.1, -0.05) is 32.6 Å². The fourth-order valence-corrected chi connectivity index (χ4v) is 2.94. The summed E-state index contributed by atoms with van der Waals surface area (Å²) in [5.41, 5.74) is 5.92. The van der Waals surface area contributed by atoms with Crippen LogP contribution in [-0.4, -0.2) is 16.1 Å². The monoisotopic (exact) mass is 293 g/mol. The van der Waals surface area contributed by atoms with Gasteiger partial charge in [-0.15, -0.1) is 11.3 Å². The van der Waals surface area contributed by atoms with E-state index in [1.807, 2.05) is 11.4 Å². The smallest absolute Gasteiger partial charge is 0.158 e. The van der Waals surface area contributed by atoms with Gasteiger partial charge < -0.3 is 10.5 Å². The van der Waals surface area contributed by atoms with E-state index in [0.29, 0.717) is 18.2 Å². The van der Waals surface area contributed by atoms with Gasteiger partial charge in [-0.2, -0.15) is 0 Å². The van der Waals surface area contributed by atoms with E-state index in [1.165, 1.54) is 25.7 Å². The van der Waals surface area contributed by atoms with Gasteiger partial charge in [0.15, 0.2) is 5.82 Å². The van der Waals surface area contributed by atoms with E-state index in [4.69, 9.17) is 10.5 Å². The molecule has 2 aromatic heterocycles. The van der Waals surface area contributed by atoms with Crippen molar-refractivity contribution in [2.24, 2.45) is 0 Å². The number of unbranched alkanes of at least 4 members (excludes halogenated alkanes) is 3. The normalized spacial score (nSPS) is 12.9. The fourth-order valence-electron chi connectivity index (χ4n) is 2.15. The van der Waals surface area contributed by atoms with E-state index in [9.17, 15) is 0 Å². The largest absolute Gasteiger partial charge is 0.383 e. The third-order valence-electron chi connectivity index (χ3n) is 3.36. The highest BCUT2D eigenvalue weighted by molar-refractivity contribution is 7.16. The predicted molar refractivity (Wildman–Crippen MR) is 84.8 cm³/mol. The van der Waals surface area contributed by atoms with Crippen molar-refractivity contribution in [3.63, 3.8) is 0 Å². The third-order valence-corrected chi connectivity index (χ3v) is 4.17. The van der Waals surface area contributed by atoms with Gasteiger partial charge in [0.05, 0.1) is 11.5 Å². The van der Waals surface area contributed by atoms with E-state index in [0.717, 1.165) is 16.6 Å².